The fourth-order valence-corrected chi connectivity index (χ4v) is 4.49. The van der Waals surface area contributed by atoms with E-state index >= 15 is 0 Å². The van der Waals surface area contributed by atoms with Crippen LogP contribution >= 0.6 is 35.7 Å². The predicted octanol–water partition coefficient (Wildman–Crippen LogP) is 3.45. The van der Waals surface area contributed by atoms with Gasteiger partial charge in [0, 0.05) is 19.3 Å². The van der Waals surface area contributed by atoms with Crippen molar-refractivity contribution in [3.63, 3.8) is 0 Å². The minimum Gasteiger partial charge on any atom is -0.369 e. The van der Waals surface area contributed by atoms with Crippen molar-refractivity contribution in [2.75, 3.05) is 19.3 Å². The Morgan fingerprint density at radius 1 is 1.27 bits per heavy atom. The summed E-state index contributed by atoms with van der Waals surface area (Å²) < 4.78 is 0.630. The van der Waals surface area contributed by atoms with Crippen molar-refractivity contribution in [2.24, 2.45) is 0 Å². The molecule has 0 N–H and O–H groups in total. The zero-order chi connectivity index (χ0) is 15.5. The summed E-state index contributed by atoms with van der Waals surface area (Å²) in [4.78, 5) is 17.1. The topological polar surface area (TPSA) is 23.6 Å². The lowest BCUT2D eigenvalue weighted by molar-refractivity contribution is -0.122. The van der Waals surface area contributed by atoms with Crippen LogP contribution in [0.4, 0.5) is 0 Å². The molecule has 1 amide bonds. The number of amides is 1. The van der Waals surface area contributed by atoms with Crippen LogP contribution in [-0.4, -0.2) is 39.4 Å². The molecule has 3 rings (SSSR count). The maximum Gasteiger partial charge on any atom is 0.266 e. The highest BCUT2D eigenvalue weighted by Gasteiger charge is 2.31. The van der Waals surface area contributed by atoms with Gasteiger partial charge in [0.1, 0.15) is 4.32 Å². The van der Waals surface area contributed by atoms with Gasteiger partial charge in [0.2, 0.25) is 0 Å². The summed E-state index contributed by atoms with van der Waals surface area (Å²) in [6, 6.07) is 9.93. The van der Waals surface area contributed by atoms with Crippen molar-refractivity contribution in [3.05, 3.63) is 58.0 Å². The van der Waals surface area contributed by atoms with Gasteiger partial charge in [-0.25, -0.2) is 0 Å². The molecule has 0 aromatic heterocycles. The summed E-state index contributed by atoms with van der Waals surface area (Å²) in [7, 11) is 2.07. The molecule has 0 aliphatic carbocycles. The number of allylic oxidation sites excluding steroid dienone is 2. The molecule has 0 spiro atoms. The Morgan fingerprint density at radius 3 is 2.73 bits per heavy atom. The van der Waals surface area contributed by atoms with Gasteiger partial charge >= 0.3 is 0 Å². The summed E-state index contributed by atoms with van der Waals surface area (Å²) in [6.07, 6.45) is 3.92. The predicted molar refractivity (Wildman–Crippen MR) is 98.4 cm³/mol. The summed E-state index contributed by atoms with van der Waals surface area (Å²) in [5.41, 5.74) is 1.09. The number of thiocarbonyl (C=S) groups is 1. The number of rotatable bonds is 3. The van der Waals surface area contributed by atoms with Gasteiger partial charge in [-0.05, 0) is 17.7 Å². The molecule has 22 heavy (non-hydrogen) atoms. The highest BCUT2D eigenvalue weighted by Crippen LogP contribution is 2.33. The maximum absolute atomic E-state index is 12.5. The average Bonchev–Trinajstić information content (AvgIpc) is 3.04. The fourth-order valence-electron chi connectivity index (χ4n) is 2.25. The highest BCUT2D eigenvalue weighted by atomic mass is 32.2. The Hall–Kier alpha value is -1.24. The van der Waals surface area contributed by atoms with Gasteiger partial charge in [-0.1, -0.05) is 54.3 Å². The molecule has 2 saturated heterocycles. The molecule has 6 heteroatoms. The molecule has 0 bridgehead atoms. The van der Waals surface area contributed by atoms with E-state index in [2.05, 4.69) is 11.9 Å². The Morgan fingerprint density at radius 2 is 2.05 bits per heavy atom. The second-order valence-corrected chi connectivity index (χ2v) is 7.84. The van der Waals surface area contributed by atoms with Crippen molar-refractivity contribution >= 4 is 46.0 Å². The Labute approximate surface area is 144 Å². The van der Waals surface area contributed by atoms with Gasteiger partial charge in [-0.2, -0.15) is 0 Å². The molecular weight excluding hydrogens is 332 g/mol. The fraction of sp³-hybridized carbons (Fsp3) is 0.250. The van der Waals surface area contributed by atoms with E-state index in [0.717, 1.165) is 17.9 Å². The number of carbonyl (C=O) groups excluding carboxylic acids is 1. The second kappa shape index (κ2) is 6.89. The maximum atomic E-state index is 12.5. The molecule has 2 aliphatic heterocycles. The molecule has 2 aliphatic rings. The van der Waals surface area contributed by atoms with Crippen LogP contribution in [0.3, 0.4) is 0 Å². The number of nitrogens with zero attached hydrogens (tertiary/aromatic N) is 2. The number of thioether (sulfide) groups is 2. The van der Waals surface area contributed by atoms with E-state index in [1.807, 2.05) is 54.2 Å². The van der Waals surface area contributed by atoms with Crippen LogP contribution in [0, 0.1) is 0 Å². The number of hydrogen-bond donors (Lipinski definition) is 0. The van der Waals surface area contributed by atoms with Crippen LogP contribution in [0.2, 0.25) is 0 Å². The van der Waals surface area contributed by atoms with E-state index in [1.54, 1.807) is 4.90 Å². The molecule has 1 aromatic rings. The molecule has 2 fully saturated rings. The van der Waals surface area contributed by atoms with Crippen LogP contribution in [0.5, 0.6) is 0 Å². The van der Waals surface area contributed by atoms with E-state index in [-0.39, 0.29) is 5.91 Å². The molecule has 0 saturated carbocycles. The lowest BCUT2D eigenvalue weighted by Gasteiger charge is -2.14. The third kappa shape index (κ3) is 3.39. The summed E-state index contributed by atoms with van der Waals surface area (Å²) in [5, 5.41) is 1.20. The Kier molecular flexibility index (Phi) is 4.90. The normalized spacial score (nSPS) is 22.4. The summed E-state index contributed by atoms with van der Waals surface area (Å²) in [6.45, 7) is 1.59. The first-order valence-electron chi connectivity index (χ1n) is 6.98. The van der Waals surface area contributed by atoms with Gasteiger partial charge in [-0.15, -0.1) is 11.8 Å². The third-order valence-corrected chi connectivity index (χ3v) is 6.01. The van der Waals surface area contributed by atoms with Gasteiger partial charge < -0.3 is 4.90 Å². The molecule has 114 valence electrons. The van der Waals surface area contributed by atoms with Crippen molar-refractivity contribution in [3.8, 4) is 0 Å². The van der Waals surface area contributed by atoms with Crippen LogP contribution in [0.15, 0.2) is 52.4 Å². The zero-order valence-electron chi connectivity index (χ0n) is 12.2. The number of carbonyl (C=O) groups is 1. The van der Waals surface area contributed by atoms with Gasteiger partial charge in [0.15, 0.2) is 0 Å². The van der Waals surface area contributed by atoms with E-state index < -0.39 is 0 Å². The number of hydrogen-bond acceptors (Lipinski definition) is 5. The zero-order valence-corrected chi connectivity index (χ0v) is 14.6. The average molecular weight is 349 g/mol. The van der Waals surface area contributed by atoms with Crippen LogP contribution in [0.1, 0.15) is 5.56 Å². The standard InChI is InChI=1S/C16H16N2OS3/c1-17-9-10-21-14(17)8-7-13-15(19)18(16(20)22-13)11-12-5-3-2-4-6-12/h2-8H,9-11H2,1H3/b13-7+,14-8-. The first-order valence-corrected chi connectivity index (χ1v) is 9.20. The second-order valence-electron chi connectivity index (χ2n) is 5.05. The first-order chi connectivity index (χ1) is 10.6. The lowest BCUT2D eigenvalue weighted by Crippen LogP contribution is -2.27. The number of benzene rings is 1. The highest BCUT2D eigenvalue weighted by molar-refractivity contribution is 8.26. The SMILES string of the molecule is CN1CCS/C1=C\C=C1\SC(=S)N(Cc2ccccc2)C1=O. The molecule has 3 nitrogen and oxygen atoms in total. The summed E-state index contributed by atoms with van der Waals surface area (Å²) >= 11 is 8.55. The molecule has 2 heterocycles. The third-order valence-electron chi connectivity index (χ3n) is 3.49. The molecule has 0 atom stereocenters. The van der Waals surface area contributed by atoms with E-state index in [1.165, 1.54) is 16.8 Å². The van der Waals surface area contributed by atoms with Gasteiger partial charge in [0.25, 0.3) is 5.91 Å². The lowest BCUT2D eigenvalue weighted by atomic mass is 10.2. The smallest absolute Gasteiger partial charge is 0.266 e. The molecule has 0 unspecified atom stereocenters. The van der Waals surface area contributed by atoms with Gasteiger partial charge in [-0.3, -0.25) is 9.69 Å². The molecule has 0 radical (unpaired) electrons. The van der Waals surface area contributed by atoms with E-state index in [0.29, 0.717) is 15.8 Å². The van der Waals surface area contributed by atoms with Crippen molar-refractivity contribution in [1.82, 2.24) is 9.80 Å². The van der Waals surface area contributed by atoms with Crippen LogP contribution in [-0.2, 0) is 11.3 Å². The van der Waals surface area contributed by atoms with Gasteiger partial charge in [0.05, 0.1) is 16.5 Å². The minimum absolute atomic E-state index is 0.00125. The van der Waals surface area contributed by atoms with Crippen LogP contribution < -0.4 is 0 Å². The van der Waals surface area contributed by atoms with E-state index in [9.17, 15) is 4.79 Å². The van der Waals surface area contributed by atoms with Crippen molar-refractivity contribution in [2.45, 2.75) is 6.54 Å². The quantitative estimate of drug-likeness (QED) is 0.615. The molecular formula is C16H16N2OS3. The van der Waals surface area contributed by atoms with Crippen LogP contribution in [0.25, 0.3) is 0 Å². The Bertz CT molecular complexity index is 655. The van der Waals surface area contributed by atoms with E-state index in [4.69, 9.17) is 12.2 Å². The van der Waals surface area contributed by atoms with Crippen molar-refractivity contribution in [1.29, 1.82) is 0 Å². The summed E-state index contributed by atoms with van der Waals surface area (Å²) in [5.74, 6) is 1.10. The van der Waals surface area contributed by atoms with Crippen molar-refractivity contribution < 1.29 is 4.79 Å². The largest absolute Gasteiger partial charge is 0.369 e. The molecule has 1 aromatic carbocycles. The minimum atomic E-state index is 0.00125. The monoisotopic (exact) mass is 348 g/mol. The first kappa shape index (κ1) is 15.6. The Balaban J connectivity index is 1.74.